The second kappa shape index (κ2) is 10.4. The lowest BCUT2D eigenvalue weighted by molar-refractivity contribution is -0.129. The van der Waals surface area contributed by atoms with Gasteiger partial charge in [0, 0.05) is 19.6 Å². The summed E-state index contributed by atoms with van der Waals surface area (Å²) < 4.78 is 28.7. The first-order valence-electron chi connectivity index (χ1n) is 10.0. The Kier molecular flexibility index (Phi) is 7.64. The quantitative estimate of drug-likeness (QED) is 0.626. The molecule has 1 heterocycles. The molecule has 1 fully saturated rings. The molecule has 1 aliphatic rings. The number of amides is 2. The van der Waals surface area contributed by atoms with Crippen LogP contribution in [0.25, 0.3) is 0 Å². The third-order valence-electron chi connectivity index (χ3n) is 5.18. The van der Waals surface area contributed by atoms with Crippen molar-refractivity contribution in [3.63, 3.8) is 0 Å². The van der Waals surface area contributed by atoms with E-state index >= 15 is 0 Å². The number of carbonyl (C=O) groups is 2. The Morgan fingerprint density at radius 3 is 2.26 bits per heavy atom. The molecule has 0 saturated carbocycles. The number of ether oxygens (including phenoxy) is 1. The predicted octanol–water partition coefficient (Wildman–Crippen LogP) is 0.899. The Morgan fingerprint density at radius 2 is 1.65 bits per heavy atom. The normalized spacial score (nSPS) is 16.8. The molecule has 1 unspecified atom stereocenters. The molecule has 31 heavy (non-hydrogen) atoms. The summed E-state index contributed by atoms with van der Waals surface area (Å²) in [5.74, 6) is 0.139. The molecule has 2 aromatic rings. The van der Waals surface area contributed by atoms with E-state index in [1.165, 1.54) is 0 Å². The molecule has 3 rings (SSSR count). The Hall–Kier alpha value is -2.91. The van der Waals surface area contributed by atoms with Crippen molar-refractivity contribution in [3.05, 3.63) is 65.7 Å². The molecule has 2 amide bonds. The van der Waals surface area contributed by atoms with Gasteiger partial charge in [0.1, 0.15) is 11.8 Å². The van der Waals surface area contributed by atoms with Gasteiger partial charge in [-0.2, -0.15) is 0 Å². The van der Waals surface area contributed by atoms with Gasteiger partial charge in [-0.25, -0.2) is 8.42 Å². The summed E-state index contributed by atoms with van der Waals surface area (Å²) in [6.07, 6.45) is 0. The maximum Gasteiger partial charge on any atom is 0.242 e. The lowest BCUT2D eigenvalue weighted by Gasteiger charge is -2.33. The van der Waals surface area contributed by atoms with Gasteiger partial charge in [0.15, 0.2) is 9.84 Å². The van der Waals surface area contributed by atoms with Crippen LogP contribution in [0.15, 0.2) is 54.6 Å². The van der Waals surface area contributed by atoms with Gasteiger partial charge in [0.2, 0.25) is 11.8 Å². The molecule has 1 atom stereocenters. The summed E-state index contributed by atoms with van der Waals surface area (Å²) in [7, 11) is -1.48. The van der Waals surface area contributed by atoms with Crippen LogP contribution in [-0.4, -0.2) is 63.4 Å². The second-order valence-electron chi connectivity index (χ2n) is 7.34. The fourth-order valence-electron chi connectivity index (χ4n) is 3.42. The van der Waals surface area contributed by atoms with Gasteiger partial charge < -0.3 is 15.4 Å². The number of rotatable bonds is 8. The van der Waals surface area contributed by atoms with Crippen LogP contribution >= 0.6 is 0 Å². The van der Waals surface area contributed by atoms with Crippen molar-refractivity contribution in [1.82, 2.24) is 15.5 Å². The molecule has 9 heteroatoms. The first-order valence-corrected chi connectivity index (χ1v) is 11.9. The van der Waals surface area contributed by atoms with Crippen LogP contribution < -0.4 is 15.4 Å². The number of nitrogens with one attached hydrogen (secondary N) is 2. The monoisotopic (exact) mass is 445 g/mol. The molecule has 0 aromatic heterocycles. The molecular weight excluding hydrogens is 418 g/mol. The maximum absolute atomic E-state index is 13.0. The van der Waals surface area contributed by atoms with Crippen LogP contribution in [0.2, 0.25) is 0 Å². The number of nitrogens with zero attached hydrogens (tertiary/aromatic N) is 1. The lowest BCUT2D eigenvalue weighted by atomic mass is 10.0. The van der Waals surface area contributed by atoms with E-state index in [2.05, 4.69) is 10.6 Å². The Bertz CT molecular complexity index is 980. The summed E-state index contributed by atoms with van der Waals surface area (Å²) in [6.45, 7) is 0.729. The number of carbonyl (C=O) groups excluding carboxylic acids is 2. The van der Waals surface area contributed by atoms with Crippen molar-refractivity contribution in [1.29, 1.82) is 0 Å². The lowest BCUT2D eigenvalue weighted by Crippen LogP contribution is -2.49. The standard InChI is InChI=1S/C22H27N3O5S/c1-30-19-9-7-17(8-10-19)15-23-20(26)16-24-22(27)21(18-5-3-2-4-6-18)25-11-13-31(28,29)14-12-25/h2-10,21H,11-16H2,1H3,(H,23,26)(H,24,27). The number of sulfone groups is 1. The van der Waals surface area contributed by atoms with Crippen molar-refractivity contribution in [2.24, 2.45) is 0 Å². The Morgan fingerprint density at radius 1 is 1.00 bits per heavy atom. The molecule has 0 aliphatic carbocycles. The third-order valence-corrected chi connectivity index (χ3v) is 6.79. The van der Waals surface area contributed by atoms with E-state index in [1.807, 2.05) is 59.5 Å². The molecule has 1 saturated heterocycles. The minimum atomic E-state index is -3.07. The van der Waals surface area contributed by atoms with Gasteiger partial charge in [0.05, 0.1) is 25.2 Å². The number of hydrogen-bond acceptors (Lipinski definition) is 6. The molecule has 8 nitrogen and oxygen atoms in total. The average molecular weight is 446 g/mol. The van der Waals surface area contributed by atoms with Gasteiger partial charge in [-0.1, -0.05) is 42.5 Å². The van der Waals surface area contributed by atoms with E-state index in [-0.39, 0.29) is 43.0 Å². The van der Waals surface area contributed by atoms with E-state index in [0.29, 0.717) is 6.54 Å². The van der Waals surface area contributed by atoms with E-state index in [0.717, 1.165) is 16.9 Å². The zero-order valence-electron chi connectivity index (χ0n) is 17.4. The number of hydrogen-bond donors (Lipinski definition) is 2. The summed E-state index contributed by atoms with van der Waals surface area (Å²) >= 11 is 0. The van der Waals surface area contributed by atoms with Crippen molar-refractivity contribution >= 4 is 21.7 Å². The van der Waals surface area contributed by atoms with Gasteiger partial charge in [-0.15, -0.1) is 0 Å². The summed E-state index contributed by atoms with van der Waals surface area (Å²) in [5, 5.41) is 5.46. The van der Waals surface area contributed by atoms with Gasteiger partial charge >= 0.3 is 0 Å². The van der Waals surface area contributed by atoms with E-state index in [9.17, 15) is 18.0 Å². The zero-order chi connectivity index (χ0) is 22.3. The Balaban J connectivity index is 1.57. The molecule has 1 aliphatic heterocycles. The highest BCUT2D eigenvalue weighted by Gasteiger charge is 2.32. The highest BCUT2D eigenvalue weighted by molar-refractivity contribution is 7.91. The second-order valence-corrected chi connectivity index (χ2v) is 9.65. The van der Waals surface area contributed by atoms with Gasteiger partial charge in [-0.3, -0.25) is 14.5 Å². The SMILES string of the molecule is COc1ccc(CNC(=O)CNC(=O)C(c2ccccc2)N2CCS(=O)(=O)CC2)cc1. The number of benzene rings is 2. The first kappa shape index (κ1) is 22.8. The van der Waals surface area contributed by atoms with Crippen LogP contribution in [0.3, 0.4) is 0 Å². The molecule has 2 aromatic carbocycles. The fraction of sp³-hybridized carbons (Fsp3) is 0.364. The van der Waals surface area contributed by atoms with Crippen molar-refractivity contribution in [2.45, 2.75) is 12.6 Å². The topological polar surface area (TPSA) is 105 Å². The minimum Gasteiger partial charge on any atom is -0.497 e. The van der Waals surface area contributed by atoms with Gasteiger partial charge in [0.25, 0.3) is 0 Å². The van der Waals surface area contributed by atoms with Crippen LogP contribution in [0.4, 0.5) is 0 Å². The largest absolute Gasteiger partial charge is 0.497 e. The maximum atomic E-state index is 13.0. The molecule has 2 N–H and O–H groups in total. The summed E-state index contributed by atoms with van der Waals surface area (Å²) in [6, 6.07) is 15.9. The van der Waals surface area contributed by atoms with Crippen molar-refractivity contribution in [2.75, 3.05) is 38.2 Å². The molecule has 0 radical (unpaired) electrons. The average Bonchev–Trinajstić information content (AvgIpc) is 2.78. The molecule has 0 spiro atoms. The molecule has 0 bridgehead atoms. The van der Waals surface area contributed by atoms with Crippen LogP contribution in [0, 0.1) is 0 Å². The Labute approximate surface area is 182 Å². The van der Waals surface area contributed by atoms with E-state index < -0.39 is 15.9 Å². The van der Waals surface area contributed by atoms with Crippen LogP contribution in [0.5, 0.6) is 5.75 Å². The van der Waals surface area contributed by atoms with Crippen LogP contribution in [0.1, 0.15) is 17.2 Å². The van der Waals surface area contributed by atoms with E-state index in [1.54, 1.807) is 7.11 Å². The first-order chi connectivity index (χ1) is 14.9. The number of methoxy groups -OCH3 is 1. The van der Waals surface area contributed by atoms with E-state index in [4.69, 9.17) is 4.74 Å². The van der Waals surface area contributed by atoms with Gasteiger partial charge in [-0.05, 0) is 23.3 Å². The third kappa shape index (κ3) is 6.53. The predicted molar refractivity (Wildman–Crippen MR) is 117 cm³/mol. The minimum absolute atomic E-state index is 0.0198. The van der Waals surface area contributed by atoms with Crippen molar-refractivity contribution < 1.29 is 22.7 Å². The molecular formula is C22H27N3O5S. The van der Waals surface area contributed by atoms with Crippen molar-refractivity contribution in [3.8, 4) is 5.75 Å². The summed E-state index contributed by atoms with van der Waals surface area (Å²) in [4.78, 5) is 27.0. The van der Waals surface area contributed by atoms with Crippen LogP contribution in [-0.2, 0) is 26.0 Å². The zero-order valence-corrected chi connectivity index (χ0v) is 18.2. The highest BCUT2D eigenvalue weighted by Crippen LogP contribution is 2.23. The highest BCUT2D eigenvalue weighted by atomic mass is 32.2. The smallest absolute Gasteiger partial charge is 0.242 e. The summed E-state index contributed by atoms with van der Waals surface area (Å²) in [5.41, 5.74) is 1.68. The molecule has 166 valence electrons. The fourth-order valence-corrected chi connectivity index (χ4v) is 4.65.